The number of nitrogens with two attached hydrogens (primary N) is 1. The van der Waals surface area contributed by atoms with Crippen LogP contribution in [0, 0.1) is 23.7 Å². The number of rotatable bonds is 2. The van der Waals surface area contributed by atoms with Gasteiger partial charge in [0.15, 0.2) is 0 Å². The van der Waals surface area contributed by atoms with Gasteiger partial charge in [-0.15, -0.1) is 0 Å². The number of piperidine rings is 1. The molecule has 2 rings (SSSR count). The summed E-state index contributed by atoms with van der Waals surface area (Å²) >= 11 is 0. The van der Waals surface area contributed by atoms with E-state index in [1.165, 1.54) is 19.3 Å². The smallest absolute Gasteiger partial charge is 0.226 e. The Morgan fingerprint density at radius 2 is 1.89 bits per heavy atom. The third-order valence-electron chi connectivity index (χ3n) is 5.41. The van der Waals surface area contributed by atoms with Gasteiger partial charge in [0.2, 0.25) is 5.91 Å². The molecule has 0 aromatic rings. The predicted octanol–water partition coefficient (Wildman–Crippen LogP) is 2.64. The van der Waals surface area contributed by atoms with E-state index < -0.39 is 0 Å². The molecule has 0 radical (unpaired) electrons. The molecular weight excluding hydrogens is 236 g/mol. The van der Waals surface area contributed by atoms with Gasteiger partial charge in [-0.3, -0.25) is 4.79 Å². The summed E-state index contributed by atoms with van der Waals surface area (Å²) in [6, 6.07) is 0.393. The van der Waals surface area contributed by atoms with Crippen LogP contribution in [0.25, 0.3) is 0 Å². The van der Waals surface area contributed by atoms with Crippen LogP contribution in [0.1, 0.15) is 52.9 Å². The fraction of sp³-hybridized carbons (Fsp3) is 0.938. The van der Waals surface area contributed by atoms with E-state index in [9.17, 15) is 4.79 Å². The molecule has 3 heteroatoms. The Bertz CT molecular complexity index is 318. The van der Waals surface area contributed by atoms with E-state index in [1.54, 1.807) is 0 Å². The fourth-order valence-electron chi connectivity index (χ4n) is 4.03. The lowest BCUT2D eigenvalue weighted by Crippen LogP contribution is -2.52. The predicted molar refractivity (Wildman–Crippen MR) is 78.6 cm³/mol. The third kappa shape index (κ3) is 3.13. The average molecular weight is 266 g/mol. The van der Waals surface area contributed by atoms with E-state index in [0.29, 0.717) is 36.2 Å². The van der Waals surface area contributed by atoms with Crippen molar-refractivity contribution in [1.29, 1.82) is 0 Å². The lowest BCUT2D eigenvalue weighted by molar-refractivity contribution is -0.144. The van der Waals surface area contributed by atoms with Crippen LogP contribution in [0.5, 0.6) is 0 Å². The largest absolute Gasteiger partial charge is 0.339 e. The van der Waals surface area contributed by atoms with Gasteiger partial charge < -0.3 is 10.6 Å². The molecule has 2 N–H and O–H groups in total. The van der Waals surface area contributed by atoms with Crippen LogP contribution < -0.4 is 5.73 Å². The van der Waals surface area contributed by atoms with Crippen LogP contribution in [-0.4, -0.2) is 29.9 Å². The first-order valence-corrected chi connectivity index (χ1v) is 8.05. The van der Waals surface area contributed by atoms with Gasteiger partial charge in [-0.1, -0.05) is 26.7 Å². The summed E-state index contributed by atoms with van der Waals surface area (Å²) in [6.07, 6.45) is 5.87. The summed E-state index contributed by atoms with van der Waals surface area (Å²) in [4.78, 5) is 15.1. The molecule has 3 nitrogen and oxygen atoms in total. The highest BCUT2D eigenvalue weighted by molar-refractivity contribution is 5.79. The maximum absolute atomic E-state index is 12.9. The molecule has 2 aliphatic rings. The lowest BCUT2D eigenvalue weighted by atomic mass is 9.77. The molecule has 19 heavy (non-hydrogen) atoms. The van der Waals surface area contributed by atoms with E-state index in [4.69, 9.17) is 5.73 Å². The highest BCUT2D eigenvalue weighted by Crippen LogP contribution is 2.34. The topological polar surface area (TPSA) is 46.3 Å². The Kier molecular flexibility index (Phi) is 4.88. The van der Waals surface area contributed by atoms with Gasteiger partial charge in [-0.2, -0.15) is 0 Å². The SMILES string of the molecule is CC1CC(C)C(C)N(C(=O)C2CCCCC2CN)C1. The van der Waals surface area contributed by atoms with Crippen molar-refractivity contribution in [2.24, 2.45) is 29.4 Å². The molecule has 110 valence electrons. The van der Waals surface area contributed by atoms with Crippen molar-refractivity contribution in [2.45, 2.75) is 58.9 Å². The number of carbonyl (C=O) groups is 1. The molecule has 0 spiro atoms. The Morgan fingerprint density at radius 1 is 1.21 bits per heavy atom. The maximum Gasteiger partial charge on any atom is 0.226 e. The first kappa shape index (κ1) is 14.8. The molecule has 1 aliphatic heterocycles. The zero-order valence-corrected chi connectivity index (χ0v) is 12.8. The van der Waals surface area contributed by atoms with Crippen molar-refractivity contribution < 1.29 is 4.79 Å². The molecule has 1 aliphatic carbocycles. The van der Waals surface area contributed by atoms with Gasteiger partial charge in [-0.25, -0.2) is 0 Å². The highest BCUT2D eigenvalue weighted by Gasteiger charge is 2.38. The highest BCUT2D eigenvalue weighted by atomic mass is 16.2. The van der Waals surface area contributed by atoms with Crippen LogP contribution >= 0.6 is 0 Å². The number of amides is 1. The van der Waals surface area contributed by atoms with Crippen LogP contribution in [0.4, 0.5) is 0 Å². The van der Waals surface area contributed by atoms with Crippen molar-refractivity contribution in [2.75, 3.05) is 13.1 Å². The molecule has 5 atom stereocenters. The average Bonchev–Trinajstić information content (AvgIpc) is 2.42. The quantitative estimate of drug-likeness (QED) is 0.835. The maximum atomic E-state index is 12.9. The van der Waals surface area contributed by atoms with Crippen molar-refractivity contribution in [3.05, 3.63) is 0 Å². The minimum Gasteiger partial charge on any atom is -0.339 e. The van der Waals surface area contributed by atoms with Crippen LogP contribution in [-0.2, 0) is 4.79 Å². The summed E-state index contributed by atoms with van der Waals surface area (Å²) in [5.41, 5.74) is 5.88. The van der Waals surface area contributed by atoms with E-state index in [-0.39, 0.29) is 5.92 Å². The normalized spacial score (nSPS) is 40.2. The second kappa shape index (κ2) is 6.25. The van der Waals surface area contributed by atoms with Crippen LogP contribution in [0.3, 0.4) is 0 Å². The molecule has 1 saturated heterocycles. The Labute approximate surface area is 117 Å². The molecule has 5 unspecified atom stereocenters. The van der Waals surface area contributed by atoms with Gasteiger partial charge >= 0.3 is 0 Å². The minimum atomic E-state index is 0.193. The molecular formula is C16H30N2O. The van der Waals surface area contributed by atoms with E-state index in [2.05, 4.69) is 25.7 Å². The molecule has 1 saturated carbocycles. The molecule has 0 aromatic heterocycles. The zero-order chi connectivity index (χ0) is 14.0. The van der Waals surface area contributed by atoms with Crippen molar-refractivity contribution in [1.82, 2.24) is 4.90 Å². The van der Waals surface area contributed by atoms with Crippen molar-refractivity contribution in [3.8, 4) is 0 Å². The van der Waals surface area contributed by atoms with Crippen molar-refractivity contribution >= 4 is 5.91 Å². The van der Waals surface area contributed by atoms with Gasteiger partial charge in [0.25, 0.3) is 0 Å². The first-order valence-electron chi connectivity index (χ1n) is 8.05. The van der Waals surface area contributed by atoms with E-state index >= 15 is 0 Å². The van der Waals surface area contributed by atoms with Gasteiger partial charge in [0.05, 0.1) is 0 Å². The molecule has 1 amide bonds. The summed E-state index contributed by atoms with van der Waals surface area (Å²) in [5, 5.41) is 0. The van der Waals surface area contributed by atoms with Gasteiger partial charge in [-0.05, 0) is 50.5 Å². The number of hydrogen-bond donors (Lipinski definition) is 1. The standard InChI is InChI=1S/C16H30N2O/c1-11-8-12(2)13(3)18(10-11)16(19)15-7-5-4-6-14(15)9-17/h11-15H,4-10,17H2,1-3H3. The Morgan fingerprint density at radius 3 is 2.58 bits per heavy atom. The second-order valence-electron chi connectivity index (χ2n) is 6.94. The Balaban J connectivity index is 2.08. The summed E-state index contributed by atoms with van der Waals surface area (Å²) < 4.78 is 0. The Hall–Kier alpha value is -0.570. The molecule has 2 fully saturated rings. The number of hydrogen-bond acceptors (Lipinski definition) is 2. The zero-order valence-electron chi connectivity index (χ0n) is 12.8. The van der Waals surface area contributed by atoms with E-state index in [0.717, 1.165) is 19.4 Å². The van der Waals surface area contributed by atoms with Gasteiger partial charge in [0.1, 0.15) is 0 Å². The summed E-state index contributed by atoms with van der Waals surface area (Å²) in [6.45, 7) is 8.38. The molecule has 1 heterocycles. The summed E-state index contributed by atoms with van der Waals surface area (Å²) in [5.74, 6) is 2.25. The number of likely N-dealkylation sites (tertiary alicyclic amines) is 1. The van der Waals surface area contributed by atoms with Gasteiger partial charge in [0, 0.05) is 18.5 Å². The monoisotopic (exact) mass is 266 g/mol. The molecule has 0 bridgehead atoms. The first-order chi connectivity index (χ1) is 9.04. The van der Waals surface area contributed by atoms with E-state index in [1.807, 2.05) is 0 Å². The minimum absolute atomic E-state index is 0.193. The fourth-order valence-corrected chi connectivity index (χ4v) is 4.03. The van der Waals surface area contributed by atoms with Crippen molar-refractivity contribution in [3.63, 3.8) is 0 Å². The van der Waals surface area contributed by atoms with Crippen LogP contribution in [0.2, 0.25) is 0 Å². The second-order valence-corrected chi connectivity index (χ2v) is 6.94. The summed E-state index contributed by atoms with van der Waals surface area (Å²) in [7, 11) is 0. The molecule has 0 aromatic carbocycles. The third-order valence-corrected chi connectivity index (χ3v) is 5.41. The number of nitrogens with zero attached hydrogens (tertiary/aromatic N) is 1. The van der Waals surface area contributed by atoms with Crippen LogP contribution in [0.15, 0.2) is 0 Å². The lowest BCUT2D eigenvalue weighted by Gasteiger charge is -2.44. The number of carbonyl (C=O) groups excluding carboxylic acids is 1.